The maximum atomic E-state index is 13.8. The number of halogens is 3. The molecule has 0 bridgehead atoms. The summed E-state index contributed by atoms with van der Waals surface area (Å²) in [6.45, 7) is 3.94. The molecule has 0 amide bonds. The van der Waals surface area contributed by atoms with Gasteiger partial charge in [0.15, 0.2) is 0 Å². The van der Waals surface area contributed by atoms with Gasteiger partial charge in [0.2, 0.25) is 0 Å². The Kier molecular flexibility index (Phi) is 5.22. The van der Waals surface area contributed by atoms with Gasteiger partial charge in [-0.3, -0.25) is 0 Å². The van der Waals surface area contributed by atoms with Gasteiger partial charge in [-0.15, -0.1) is 0 Å². The zero-order valence-electron chi connectivity index (χ0n) is 9.30. The number of aliphatic hydroxyl groups is 1. The minimum Gasteiger partial charge on any atom is -0.388 e. The van der Waals surface area contributed by atoms with E-state index in [0.717, 1.165) is 12.8 Å². The first-order chi connectivity index (χ1) is 7.49. The molecule has 16 heavy (non-hydrogen) atoms. The molecule has 0 saturated carbocycles. The molecule has 1 aromatic rings. The van der Waals surface area contributed by atoms with E-state index in [1.54, 1.807) is 12.1 Å². The van der Waals surface area contributed by atoms with Gasteiger partial charge in [0, 0.05) is 10.0 Å². The van der Waals surface area contributed by atoms with E-state index in [-0.39, 0.29) is 16.5 Å². The molecular formula is C12H15BrClFO. The lowest BCUT2D eigenvalue weighted by Crippen LogP contribution is -2.11. The molecule has 0 aromatic heterocycles. The van der Waals surface area contributed by atoms with Gasteiger partial charge in [-0.1, -0.05) is 37.9 Å². The summed E-state index contributed by atoms with van der Waals surface area (Å²) < 4.78 is 14.3. The Balaban J connectivity index is 3.00. The first-order valence-electron chi connectivity index (χ1n) is 5.30. The summed E-state index contributed by atoms with van der Waals surface area (Å²) in [5, 5.41) is 10.0. The molecule has 2 atom stereocenters. The lowest BCUT2D eigenvalue weighted by Gasteiger charge is -2.19. The van der Waals surface area contributed by atoms with Crippen LogP contribution in [-0.2, 0) is 0 Å². The summed E-state index contributed by atoms with van der Waals surface area (Å²) in [6.07, 6.45) is 1.02. The zero-order valence-corrected chi connectivity index (χ0v) is 11.6. The standard InChI is InChI=1S/C12H15BrClFO/c1-3-4-7(2)12(16)8-5-6-9(13)10(14)11(8)15/h5-7,12,16H,3-4H2,1-2H3. The van der Waals surface area contributed by atoms with E-state index in [1.165, 1.54) is 0 Å². The van der Waals surface area contributed by atoms with Crippen molar-refractivity contribution < 1.29 is 9.50 Å². The third-order valence-electron chi connectivity index (χ3n) is 2.67. The monoisotopic (exact) mass is 308 g/mol. The summed E-state index contributed by atoms with van der Waals surface area (Å²) in [4.78, 5) is 0. The summed E-state index contributed by atoms with van der Waals surface area (Å²) in [5.74, 6) is -0.511. The lowest BCUT2D eigenvalue weighted by molar-refractivity contribution is 0.108. The van der Waals surface area contributed by atoms with E-state index in [0.29, 0.717) is 4.47 Å². The van der Waals surface area contributed by atoms with E-state index in [2.05, 4.69) is 15.9 Å². The SMILES string of the molecule is CCCC(C)C(O)c1ccc(Br)c(Cl)c1F. The van der Waals surface area contributed by atoms with Crippen LogP contribution in [0.1, 0.15) is 38.4 Å². The van der Waals surface area contributed by atoms with E-state index in [9.17, 15) is 9.50 Å². The van der Waals surface area contributed by atoms with Crippen molar-refractivity contribution in [1.82, 2.24) is 0 Å². The predicted molar refractivity (Wildman–Crippen MR) is 68.1 cm³/mol. The molecule has 1 nitrogen and oxygen atoms in total. The number of hydrogen-bond donors (Lipinski definition) is 1. The molecule has 0 saturated heterocycles. The number of aliphatic hydroxyl groups excluding tert-OH is 1. The molecule has 0 aliphatic carbocycles. The molecule has 4 heteroatoms. The Morgan fingerprint density at radius 2 is 2.12 bits per heavy atom. The highest BCUT2D eigenvalue weighted by molar-refractivity contribution is 9.10. The van der Waals surface area contributed by atoms with Crippen LogP contribution in [0.3, 0.4) is 0 Å². The van der Waals surface area contributed by atoms with Crippen molar-refractivity contribution in [3.8, 4) is 0 Å². The van der Waals surface area contributed by atoms with Crippen molar-refractivity contribution >= 4 is 27.5 Å². The Hall–Kier alpha value is -0.120. The van der Waals surface area contributed by atoms with Gasteiger partial charge in [-0.05, 0) is 34.3 Å². The molecule has 2 unspecified atom stereocenters. The summed E-state index contributed by atoms with van der Waals surface area (Å²) in [7, 11) is 0. The van der Waals surface area contributed by atoms with Gasteiger partial charge >= 0.3 is 0 Å². The molecule has 90 valence electrons. The molecular weight excluding hydrogens is 294 g/mol. The van der Waals surface area contributed by atoms with Crippen molar-refractivity contribution in [2.75, 3.05) is 0 Å². The van der Waals surface area contributed by atoms with Gasteiger partial charge in [-0.2, -0.15) is 0 Å². The van der Waals surface area contributed by atoms with Crippen molar-refractivity contribution in [3.05, 3.63) is 33.0 Å². The van der Waals surface area contributed by atoms with Crippen LogP contribution in [0, 0.1) is 11.7 Å². The highest BCUT2D eigenvalue weighted by Gasteiger charge is 2.21. The van der Waals surface area contributed by atoms with Crippen LogP contribution in [-0.4, -0.2) is 5.11 Å². The molecule has 0 heterocycles. The first kappa shape index (κ1) is 13.9. The van der Waals surface area contributed by atoms with Crippen LogP contribution in [0.2, 0.25) is 5.02 Å². The maximum absolute atomic E-state index is 13.8. The van der Waals surface area contributed by atoms with E-state index >= 15 is 0 Å². The van der Waals surface area contributed by atoms with Gasteiger partial charge in [-0.25, -0.2) is 4.39 Å². The summed E-state index contributed by atoms with van der Waals surface area (Å²) in [6, 6.07) is 3.23. The van der Waals surface area contributed by atoms with Crippen molar-refractivity contribution in [2.45, 2.75) is 32.8 Å². The Labute approximate surface area is 109 Å². The van der Waals surface area contributed by atoms with Gasteiger partial charge < -0.3 is 5.11 Å². The van der Waals surface area contributed by atoms with Crippen LogP contribution in [0.5, 0.6) is 0 Å². The zero-order chi connectivity index (χ0) is 12.3. The molecule has 0 spiro atoms. The topological polar surface area (TPSA) is 20.2 Å². The molecule has 1 N–H and O–H groups in total. The number of rotatable bonds is 4. The van der Waals surface area contributed by atoms with E-state index in [1.807, 2.05) is 13.8 Å². The Morgan fingerprint density at radius 3 is 2.69 bits per heavy atom. The molecule has 0 radical (unpaired) electrons. The first-order valence-corrected chi connectivity index (χ1v) is 6.47. The fourth-order valence-electron chi connectivity index (χ4n) is 1.69. The van der Waals surface area contributed by atoms with E-state index < -0.39 is 11.9 Å². The highest BCUT2D eigenvalue weighted by Crippen LogP contribution is 2.33. The predicted octanol–water partition coefficient (Wildman–Crippen LogP) is 4.71. The molecule has 0 aliphatic rings. The average molecular weight is 310 g/mol. The van der Waals surface area contributed by atoms with Gasteiger partial charge in [0.05, 0.1) is 11.1 Å². The second-order valence-electron chi connectivity index (χ2n) is 3.98. The van der Waals surface area contributed by atoms with Crippen molar-refractivity contribution in [2.24, 2.45) is 5.92 Å². The number of benzene rings is 1. The smallest absolute Gasteiger partial charge is 0.148 e. The van der Waals surface area contributed by atoms with E-state index in [4.69, 9.17) is 11.6 Å². The van der Waals surface area contributed by atoms with Crippen molar-refractivity contribution in [1.29, 1.82) is 0 Å². The van der Waals surface area contributed by atoms with Crippen LogP contribution in [0.25, 0.3) is 0 Å². The second-order valence-corrected chi connectivity index (χ2v) is 5.21. The van der Waals surface area contributed by atoms with Gasteiger partial charge in [0.25, 0.3) is 0 Å². The minimum atomic E-state index is -0.800. The minimum absolute atomic E-state index is 0.0248. The molecule has 1 aromatic carbocycles. The quantitative estimate of drug-likeness (QED) is 0.799. The third-order valence-corrected chi connectivity index (χ3v) is 3.93. The molecule has 1 rings (SSSR count). The van der Waals surface area contributed by atoms with Crippen molar-refractivity contribution in [3.63, 3.8) is 0 Å². The largest absolute Gasteiger partial charge is 0.388 e. The van der Waals surface area contributed by atoms with Crippen LogP contribution < -0.4 is 0 Å². The van der Waals surface area contributed by atoms with Gasteiger partial charge in [0.1, 0.15) is 5.82 Å². The average Bonchev–Trinajstić information content (AvgIpc) is 2.26. The summed E-state index contributed by atoms with van der Waals surface area (Å²) in [5.41, 5.74) is 0.272. The fraction of sp³-hybridized carbons (Fsp3) is 0.500. The second kappa shape index (κ2) is 5.99. The highest BCUT2D eigenvalue weighted by atomic mass is 79.9. The Morgan fingerprint density at radius 1 is 1.50 bits per heavy atom. The normalized spacial score (nSPS) is 14.9. The molecule has 0 fully saturated rings. The number of hydrogen-bond acceptors (Lipinski definition) is 1. The van der Waals surface area contributed by atoms with Crippen LogP contribution in [0.15, 0.2) is 16.6 Å². The lowest BCUT2D eigenvalue weighted by atomic mass is 9.93. The van der Waals surface area contributed by atoms with Crippen LogP contribution >= 0.6 is 27.5 Å². The summed E-state index contributed by atoms with van der Waals surface area (Å²) >= 11 is 8.92. The third kappa shape index (κ3) is 2.96. The molecule has 0 aliphatic heterocycles. The fourth-order valence-corrected chi connectivity index (χ4v) is 2.17. The Bertz CT molecular complexity index is 370. The van der Waals surface area contributed by atoms with Crippen LogP contribution in [0.4, 0.5) is 4.39 Å². The maximum Gasteiger partial charge on any atom is 0.148 e.